The van der Waals surface area contributed by atoms with E-state index in [-0.39, 0.29) is 5.70 Å². The lowest BCUT2D eigenvalue weighted by Gasteiger charge is -2.11. The molecule has 1 aliphatic rings. The molecule has 6 nitrogen and oxygen atoms in total. The lowest BCUT2D eigenvalue weighted by atomic mass is 10.1. The third kappa shape index (κ3) is 4.30. The standard InChI is InChI=1S/C18H15IN2O4/c1-24-16-9-12(8-14-17(22)21-18(23)20-14)4-7-15(16)25-10-11-2-5-13(19)6-3-11/h2-9H,10H2,1H3,(H2,20,21,22,23). The summed E-state index contributed by atoms with van der Waals surface area (Å²) in [6, 6.07) is 12.8. The molecule has 7 heteroatoms. The molecule has 2 aromatic carbocycles. The van der Waals surface area contributed by atoms with E-state index in [0.717, 1.165) is 5.56 Å². The molecule has 1 heterocycles. The fraction of sp³-hybridized carbons (Fsp3) is 0.111. The minimum atomic E-state index is -0.527. The molecule has 1 saturated heterocycles. The van der Waals surface area contributed by atoms with Crippen molar-refractivity contribution >= 4 is 40.6 Å². The maximum absolute atomic E-state index is 11.6. The number of nitrogens with one attached hydrogen (secondary N) is 2. The Balaban J connectivity index is 1.75. The van der Waals surface area contributed by atoms with E-state index >= 15 is 0 Å². The first-order chi connectivity index (χ1) is 12.0. The summed E-state index contributed by atoms with van der Waals surface area (Å²) < 4.78 is 12.3. The summed E-state index contributed by atoms with van der Waals surface area (Å²) in [4.78, 5) is 22.7. The predicted molar refractivity (Wildman–Crippen MR) is 101 cm³/mol. The summed E-state index contributed by atoms with van der Waals surface area (Å²) in [5.41, 5.74) is 1.96. The van der Waals surface area contributed by atoms with Crippen molar-refractivity contribution in [2.24, 2.45) is 0 Å². The lowest BCUT2D eigenvalue weighted by molar-refractivity contribution is -0.115. The van der Waals surface area contributed by atoms with Crippen LogP contribution in [0.4, 0.5) is 4.79 Å². The predicted octanol–water partition coefficient (Wildman–Crippen LogP) is 3.06. The van der Waals surface area contributed by atoms with Gasteiger partial charge >= 0.3 is 6.03 Å². The van der Waals surface area contributed by atoms with Crippen LogP contribution in [-0.4, -0.2) is 19.0 Å². The minimum absolute atomic E-state index is 0.194. The molecule has 3 rings (SSSR count). The molecule has 0 aliphatic carbocycles. The van der Waals surface area contributed by atoms with Crippen molar-refractivity contribution in [3.05, 3.63) is 62.9 Å². The zero-order chi connectivity index (χ0) is 17.8. The normalized spacial score (nSPS) is 15.0. The van der Waals surface area contributed by atoms with Gasteiger partial charge in [0.15, 0.2) is 11.5 Å². The second kappa shape index (κ2) is 7.56. The van der Waals surface area contributed by atoms with Crippen molar-refractivity contribution < 1.29 is 19.1 Å². The van der Waals surface area contributed by atoms with Crippen LogP contribution in [0.3, 0.4) is 0 Å². The third-order valence-corrected chi connectivity index (χ3v) is 4.25. The fourth-order valence-corrected chi connectivity index (χ4v) is 2.64. The van der Waals surface area contributed by atoms with E-state index in [4.69, 9.17) is 9.47 Å². The maximum Gasteiger partial charge on any atom is 0.326 e. The average Bonchev–Trinajstić information content (AvgIpc) is 2.92. The van der Waals surface area contributed by atoms with Crippen molar-refractivity contribution in [2.75, 3.05) is 7.11 Å². The van der Waals surface area contributed by atoms with Gasteiger partial charge in [0.1, 0.15) is 12.3 Å². The van der Waals surface area contributed by atoms with E-state index < -0.39 is 11.9 Å². The fourth-order valence-electron chi connectivity index (χ4n) is 2.28. The van der Waals surface area contributed by atoms with Gasteiger partial charge in [-0.25, -0.2) is 4.79 Å². The summed E-state index contributed by atoms with van der Waals surface area (Å²) in [6.07, 6.45) is 1.58. The quantitative estimate of drug-likeness (QED) is 0.417. The number of ether oxygens (including phenoxy) is 2. The number of methoxy groups -OCH3 is 1. The zero-order valence-corrected chi connectivity index (χ0v) is 15.5. The molecule has 0 radical (unpaired) electrons. The van der Waals surface area contributed by atoms with E-state index in [1.807, 2.05) is 24.3 Å². The van der Waals surface area contributed by atoms with Gasteiger partial charge in [-0.15, -0.1) is 0 Å². The van der Waals surface area contributed by atoms with Crippen molar-refractivity contribution in [3.8, 4) is 11.5 Å². The molecule has 0 atom stereocenters. The molecule has 3 amide bonds. The minimum Gasteiger partial charge on any atom is -0.493 e. The number of urea groups is 1. The number of amides is 3. The molecule has 128 valence electrons. The second-order valence-corrected chi connectivity index (χ2v) is 6.54. The molecule has 0 unspecified atom stereocenters. The van der Waals surface area contributed by atoms with Crippen molar-refractivity contribution in [3.63, 3.8) is 0 Å². The SMILES string of the molecule is COc1cc(C=C2NC(=O)NC2=O)ccc1OCc1ccc(I)cc1. The van der Waals surface area contributed by atoms with Crippen molar-refractivity contribution in [1.82, 2.24) is 10.6 Å². The summed E-state index contributed by atoms with van der Waals surface area (Å²) in [5, 5.41) is 4.60. The van der Waals surface area contributed by atoms with Crippen LogP contribution in [0.15, 0.2) is 48.2 Å². The van der Waals surface area contributed by atoms with Crippen LogP contribution in [0.5, 0.6) is 11.5 Å². The number of halogens is 1. The summed E-state index contributed by atoms with van der Waals surface area (Å²) >= 11 is 2.25. The maximum atomic E-state index is 11.6. The smallest absolute Gasteiger partial charge is 0.326 e. The van der Waals surface area contributed by atoms with Gasteiger partial charge in [-0.3, -0.25) is 10.1 Å². The largest absolute Gasteiger partial charge is 0.493 e. The van der Waals surface area contributed by atoms with Crippen LogP contribution < -0.4 is 20.1 Å². The van der Waals surface area contributed by atoms with E-state index in [2.05, 4.69) is 33.2 Å². The number of imide groups is 1. The summed E-state index contributed by atoms with van der Waals surface area (Å²) in [6.45, 7) is 0.423. The Morgan fingerprint density at radius 3 is 2.44 bits per heavy atom. The van der Waals surface area contributed by atoms with Crippen LogP contribution in [0.25, 0.3) is 6.08 Å². The highest BCUT2D eigenvalue weighted by Crippen LogP contribution is 2.29. The van der Waals surface area contributed by atoms with E-state index in [0.29, 0.717) is 23.7 Å². The summed E-state index contributed by atoms with van der Waals surface area (Å²) in [5.74, 6) is 0.690. The first kappa shape index (κ1) is 17.3. The highest BCUT2D eigenvalue weighted by molar-refractivity contribution is 14.1. The Morgan fingerprint density at radius 2 is 1.80 bits per heavy atom. The Labute approximate surface area is 158 Å². The van der Waals surface area contributed by atoms with Gasteiger partial charge in [-0.1, -0.05) is 18.2 Å². The highest BCUT2D eigenvalue weighted by atomic mass is 127. The first-order valence-corrected chi connectivity index (χ1v) is 8.52. The van der Waals surface area contributed by atoms with Gasteiger partial charge in [0, 0.05) is 3.57 Å². The summed E-state index contributed by atoms with van der Waals surface area (Å²) in [7, 11) is 1.55. The first-order valence-electron chi connectivity index (χ1n) is 7.44. The zero-order valence-electron chi connectivity index (χ0n) is 13.3. The van der Waals surface area contributed by atoms with E-state index in [9.17, 15) is 9.59 Å². The van der Waals surface area contributed by atoms with Gasteiger partial charge in [-0.05, 0) is 64.1 Å². The number of hydrogen-bond donors (Lipinski definition) is 2. The van der Waals surface area contributed by atoms with Gasteiger partial charge < -0.3 is 14.8 Å². The third-order valence-electron chi connectivity index (χ3n) is 3.53. The molecule has 0 aromatic heterocycles. The molecule has 2 N–H and O–H groups in total. The van der Waals surface area contributed by atoms with E-state index in [1.54, 1.807) is 31.4 Å². The Bertz CT molecular complexity index is 847. The number of carbonyl (C=O) groups excluding carboxylic acids is 2. The van der Waals surface area contributed by atoms with Crippen molar-refractivity contribution in [1.29, 1.82) is 0 Å². The van der Waals surface area contributed by atoms with Gasteiger partial charge in [0.05, 0.1) is 7.11 Å². The monoisotopic (exact) mass is 450 g/mol. The highest BCUT2D eigenvalue weighted by Gasteiger charge is 2.22. The number of benzene rings is 2. The average molecular weight is 450 g/mol. The van der Waals surface area contributed by atoms with Gasteiger partial charge in [0.25, 0.3) is 5.91 Å². The topological polar surface area (TPSA) is 76.7 Å². The molecule has 0 bridgehead atoms. The molecular weight excluding hydrogens is 435 g/mol. The number of hydrogen-bond acceptors (Lipinski definition) is 4. The van der Waals surface area contributed by atoms with Gasteiger partial charge in [0.2, 0.25) is 0 Å². The molecule has 1 fully saturated rings. The van der Waals surface area contributed by atoms with Crippen LogP contribution >= 0.6 is 22.6 Å². The Hall–Kier alpha value is -2.55. The van der Waals surface area contributed by atoms with Crippen LogP contribution in [0.1, 0.15) is 11.1 Å². The second-order valence-electron chi connectivity index (χ2n) is 5.29. The van der Waals surface area contributed by atoms with Crippen LogP contribution in [0, 0.1) is 3.57 Å². The molecule has 2 aromatic rings. The van der Waals surface area contributed by atoms with Gasteiger partial charge in [-0.2, -0.15) is 0 Å². The molecule has 0 spiro atoms. The number of rotatable bonds is 5. The van der Waals surface area contributed by atoms with Crippen LogP contribution in [0.2, 0.25) is 0 Å². The molecule has 25 heavy (non-hydrogen) atoms. The molecular formula is C18H15IN2O4. The van der Waals surface area contributed by atoms with Crippen LogP contribution in [-0.2, 0) is 11.4 Å². The van der Waals surface area contributed by atoms with E-state index in [1.165, 1.54) is 3.57 Å². The Morgan fingerprint density at radius 1 is 1.04 bits per heavy atom. The lowest BCUT2D eigenvalue weighted by Crippen LogP contribution is -2.22. The Kier molecular flexibility index (Phi) is 5.22. The molecule has 0 saturated carbocycles. The van der Waals surface area contributed by atoms with Crippen molar-refractivity contribution in [2.45, 2.75) is 6.61 Å². The molecule has 1 aliphatic heterocycles. The number of carbonyl (C=O) groups is 2.